The van der Waals surface area contributed by atoms with E-state index in [9.17, 15) is 4.79 Å². The van der Waals surface area contributed by atoms with E-state index in [4.69, 9.17) is 5.53 Å². The number of hydrogen-bond acceptors (Lipinski definition) is 2. The summed E-state index contributed by atoms with van der Waals surface area (Å²) < 4.78 is 0. The van der Waals surface area contributed by atoms with Gasteiger partial charge in [-0.3, -0.25) is 0 Å². The molecule has 0 aliphatic rings. The van der Waals surface area contributed by atoms with Crippen LogP contribution in [0.15, 0.2) is 5.11 Å². The van der Waals surface area contributed by atoms with E-state index in [1.54, 1.807) is 0 Å². The smallest absolute Gasteiger partial charge is 0.128 e. The molecule has 0 heterocycles. The lowest BCUT2D eigenvalue weighted by atomic mass is 10.1. The summed E-state index contributed by atoms with van der Waals surface area (Å²) in [6.07, 6.45) is 3.31. The van der Waals surface area contributed by atoms with E-state index >= 15 is 0 Å². The first kappa shape index (κ1) is 8.98. The summed E-state index contributed by atoms with van der Waals surface area (Å²) in [4.78, 5) is 12.7. The average molecular weight is 141 g/mol. The number of azide groups is 1. The summed E-state index contributed by atoms with van der Waals surface area (Å²) >= 11 is 0. The van der Waals surface area contributed by atoms with Crippen LogP contribution in [0.3, 0.4) is 0 Å². The SMILES string of the molecule is CCCCC(C=O)N=[N+]=[N-]. The lowest BCUT2D eigenvalue weighted by Gasteiger charge is -1.98. The maximum absolute atomic E-state index is 10.1. The van der Waals surface area contributed by atoms with Gasteiger partial charge in [0.2, 0.25) is 0 Å². The van der Waals surface area contributed by atoms with Gasteiger partial charge in [0.15, 0.2) is 0 Å². The van der Waals surface area contributed by atoms with E-state index in [-0.39, 0.29) is 0 Å². The molecule has 0 amide bonds. The summed E-state index contributed by atoms with van der Waals surface area (Å²) in [7, 11) is 0. The largest absolute Gasteiger partial charge is 0.303 e. The van der Waals surface area contributed by atoms with Crippen LogP contribution in [0, 0.1) is 0 Å². The van der Waals surface area contributed by atoms with Crippen molar-refractivity contribution < 1.29 is 4.79 Å². The van der Waals surface area contributed by atoms with Crippen LogP contribution >= 0.6 is 0 Å². The number of hydrogen-bond donors (Lipinski definition) is 0. The fourth-order valence-corrected chi connectivity index (χ4v) is 0.633. The maximum atomic E-state index is 10.1. The second-order valence-corrected chi connectivity index (χ2v) is 2.05. The third-order valence-electron chi connectivity index (χ3n) is 1.21. The van der Waals surface area contributed by atoms with Gasteiger partial charge in [0.25, 0.3) is 0 Å². The van der Waals surface area contributed by atoms with Crippen LogP contribution in [-0.4, -0.2) is 12.3 Å². The highest BCUT2D eigenvalue weighted by molar-refractivity contribution is 5.57. The van der Waals surface area contributed by atoms with Gasteiger partial charge in [0, 0.05) is 4.91 Å². The van der Waals surface area contributed by atoms with Gasteiger partial charge in [0.1, 0.15) is 6.29 Å². The highest BCUT2D eigenvalue weighted by atomic mass is 16.1. The Labute approximate surface area is 59.9 Å². The lowest BCUT2D eigenvalue weighted by Crippen LogP contribution is -2.03. The van der Waals surface area contributed by atoms with Gasteiger partial charge >= 0.3 is 0 Å². The zero-order valence-electron chi connectivity index (χ0n) is 6.03. The van der Waals surface area contributed by atoms with Gasteiger partial charge in [-0.25, -0.2) is 0 Å². The lowest BCUT2D eigenvalue weighted by molar-refractivity contribution is -0.109. The van der Waals surface area contributed by atoms with Crippen LogP contribution in [0.4, 0.5) is 0 Å². The molecule has 0 aromatic rings. The van der Waals surface area contributed by atoms with Crippen molar-refractivity contribution in [2.75, 3.05) is 0 Å². The number of unbranched alkanes of at least 4 members (excludes halogenated alkanes) is 1. The molecule has 0 radical (unpaired) electrons. The van der Waals surface area contributed by atoms with Crippen LogP contribution in [-0.2, 0) is 4.79 Å². The Kier molecular flexibility index (Phi) is 5.48. The molecule has 0 aromatic carbocycles. The minimum absolute atomic E-state index is 0.454. The molecule has 0 fully saturated rings. The Hall–Kier alpha value is -1.02. The molecule has 1 unspecified atom stereocenters. The molecular formula is C6H11N3O. The van der Waals surface area contributed by atoms with Gasteiger partial charge in [-0.05, 0) is 12.0 Å². The van der Waals surface area contributed by atoms with Crippen molar-refractivity contribution in [3.05, 3.63) is 10.4 Å². The minimum atomic E-state index is -0.454. The first-order valence-electron chi connectivity index (χ1n) is 3.34. The molecule has 0 saturated heterocycles. The van der Waals surface area contributed by atoms with E-state index in [1.807, 2.05) is 6.92 Å². The molecule has 0 bridgehead atoms. The molecule has 0 saturated carbocycles. The number of carbonyl (C=O) groups is 1. The van der Waals surface area contributed by atoms with Crippen molar-refractivity contribution in [3.8, 4) is 0 Å². The van der Waals surface area contributed by atoms with E-state index in [1.165, 1.54) is 0 Å². The van der Waals surface area contributed by atoms with Crippen molar-refractivity contribution in [1.29, 1.82) is 0 Å². The minimum Gasteiger partial charge on any atom is -0.303 e. The monoisotopic (exact) mass is 141 g/mol. The fourth-order valence-electron chi connectivity index (χ4n) is 0.633. The normalized spacial score (nSPS) is 11.7. The Morgan fingerprint density at radius 3 is 2.90 bits per heavy atom. The van der Waals surface area contributed by atoms with Gasteiger partial charge in [0.05, 0.1) is 6.04 Å². The van der Waals surface area contributed by atoms with Crippen LogP contribution in [0.5, 0.6) is 0 Å². The summed E-state index contributed by atoms with van der Waals surface area (Å²) in [5.74, 6) is 0. The number of rotatable bonds is 5. The van der Waals surface area contributed by atoms with Gasteiger partial charge in [-0.1, -0.05) is 24.9 Å². The van der Waals surface area contributed by atoms with Gasteiger partial charge < -0.3 is 4.79 Å². The number of nitrogens with zero attached hydrogens (tertiary/aromatic N) is 3. The maximum Gasteiger partial charge on any atom is 0.128 e. The molecule has 0 aromatic heterocycles. The summed E-state index contributed by atoms with van der Waals surface area (Å²) in [5, 5.41) is 3.29. The topological polar surface area (TPSA) is 65.8 Å². The third-order valence-corrected chi connectivity index (χ3v) is 1.21. The number of carbonyl (C=O) groups excluding carboxylic acids is 1. The molecule has 0 aliphatic heterocycles. The molecule has 0 N–H and O–H groups in total. The zero-order chi connectivity index (χ0) is 7.82. The van der Waals surface area contributed by atoms with Crippen molar-refractivity contribution in [1.82, 2.24) is 0 Å². The molecule has 4 nitrogen and oxygen atoms in total. The molecule has 0 spiro atoms. The first-order valence-corrected chi connectivity index (χ1v) is 3.34. The Balaban J connectivity index is 3.60. The van der Waals surface area contributed by atoms with E-state index in [0.29, 0.717) is 12.7 Å². The molecule has 0 rings (SSSR count). The summed E-state index contributed by atoms with van der Waals surface area (Å²) in [6, 6.07) is -0.454. The number of aldehydes is 1. The fraction of sp³-hybridized carbons (Fsp3) is 0.833. The molecular weight excluding hydrogens is 130 g/mol. The molecule has 0 aliphatic carbocycles. The Morgan fingerprint density at radius 1 is 1.80 bits per heavy atom. The van der Waals surface area contributed by atoms with Crippen LogP contribution in [0.1, 0.15) is 26.2 Å². The Bertz CT molecular complexity index is 140. The quantitative estimate of drug-likeness (QED) is 0.250. The molecule has 10 heavy (non-hydrogen) atoms. The van der Waals surface area contributed by atoms with E-state index < -0.39 is 6.04 Å². The summed E-state index contributed by atoms with van der Waals surface area (Å²) in [6.45, 7) is 2.03. The molecule has 1 atom stereocenters. The van der Waals surface area contributed by atoms with Crippen LogP contribution in [0.25, 0.3) is 10.4 Å². The molecule has 56 valence electrons. The third kappa shape index (κ3) is 3.92. The van der Waals surface area contributed by atoms with Crippen molar-refractivity contribution in [2.24, 2.45) is 5.11 Å². The van der Waals surface area contributed by atoms with Crippen molar-refractivity contribution >= 4 is 6.29 Å². The predicted molar refractivity (Wildman–Crippen MR) is 38.5 cm³/mol. The van der Waals surface area contributed by atoms with E-state index in [2.05, 4.69) is 10.0 Å². The standard InChI is InChI=1S/C6H11N3O/c1-2-3-4-6(5-10)8-9-7/h5-6H,2-4H2,1H3. The predicted octanol–water partition coefficient (Wildman–Crippen LogP) is 2.05. The van der Waals surface area contributed by atoms with Crippen molar-refractivity contribution in [2.45, 2.75) is 32.2 Å². The highest BCUT2D eigenvalue weighted by Crippen LogP contribution is 2.01. The van der Waals surface area contributed by atoms with E-state index in [0.717, 1.165) is 12.8 Å². The highest BCUT2D eigenvalue weighted by Gasteiger charge is 2.01. The molecule has 4 heteroatoms. The second-order valence-electron chi connectivity index (χ2n) is 2.05. The van der Waals surface area contributed by atoms with Gasteiger partial charge in [-0.2, -0.15) is 0 Å². The summed E-state index contributed by atoms with van der Waals surface area (Å²) in [5.41, 5.74) is 7.97. The first-order chi connectivity index (χ1) is 4.85. The van der Waals surface area contributed by atoms with Crippen LogP contribution in [0.2, 0.25) is 0 Å². The van der Waals surface area contributed by atoms with Crippen LogP contribution < -0.4 is 0 Å². The Morgan fingerprint density at radius 2 is 2.50 bits per heavy atom. The average Bonchev–Trinajstić information content (AvgIpc) is 1.98. The zero-order valence-corrected chi connectivity index (χ0v) is 6.03. The second kappa shape index (κ2) is 6.11. The van der Waals surface area contributed by atoms with Gasteiger partial charge in [-0.15, -0.1) is 0 Å². The van der Waals surface area contributed by atoms with Crippen molar-refractivity contribution in [3.63, 3.8) is 0 Å².